The van der Waals surface area contributed by atoms with Crippen LogP contribution in [0.25, 0.3) is 0 Å². The first kappa shape index (κ1) is 22.9. The highest BCUT2D eigenvalue weighted by molar-refractivity contribution is 7.99. The fraction of sp³-hybridized carbons (Fsp3) is 0.500. The molecule has 4 heteroatoms. The van der Waals surface area contributed by atoms with E-state index in [9.17, 15) is 5.11 Å². The summed E-state index contributed by atoms with van der Waals surface area (Å²) in [6, 6.07) is 9.72. The van der Waals surface area contributed by atoms with E-state index in [1.807, 2.05) is 0 Å². The Hall–Kier alpha value is -1.39. The van der Waals surface area contributed by atoms with Gasteiger partial charge in [-0.05, 0) is 59.5 Å². The number of benzene rings is 2. The van der Waals surface area contributed by atoms with Crippen molar-refractivity contribution < 1.29 is 9.53 Å². The molecule has 0 bridgehead atoms. The molecule has 0 heterocycles. The highest BCUT2D eigenvalue weighted by Gasteiger charge is 2.25. The third-order valence-electron chi connectivity index (χ3n) is 4.70. The second kappa shape index (κ2) is 8.54. The van der Waals surface area contributed by atoms with Crippen molar-refractivity contribution >= 4 is 21.5 Å². The average molecular weight is 417 g/mol. The van der Waals surface area contributed by atoms with Gasteiger partial charge in [0.1, 0.15) is 11.5 Å². The van der Waals surface area contributed by atoms with Gasteiger partial charge in [-0.15, -0.1) is 0 Å². The number of phenols is 1. The van der Waals surface area contributed by atoms with Gasteiger partial charge >= 0.3 is 0 Å². The van der Waals surface area contributed by atoms with Crippen LogP contribution in [0.4, 0.5) is 0 Å². The monoisotopic (exact) mass is 416 g/mol. The molecule has 2 nitrogen and oxygen atoms in total. The molecule has 0 radical (unpaired) electrons. The third-order valence-corrected chi connectivity index (χ3v) is 6.66. The largest absolute Gasteiger partial charge is 0.548 e. The molecule has 0 aliphatic heterocycles. The zero-order valence-electron chi connectivity index (χ0n) is 19.0. The van der Waals surface area contributed by atoms with Crippen LogP contribution in [0, 0.1) is 13.8 Å². The van der Waals surface area contributed by atoms with Gasteiger partial charge in [0, 0.05) is 5.56 Å². The van der Waals surface area contributed by atoms with Crippen LogP contribution in [0.1, 0.15) is 70.7 Å². The summed E-state index contributed by atoms with van der Waals surface area (Å²) in [5.41, 5.74) is 4.52. The Labute approximate surface area is 178 Å². The Bertz CT molecular complexity index is 845. The molecule has 0 unspecified atom stereocenters. The minimum Gasteiger partial charge on any atom is -0.548 e. The summed E-state index contributed by atoms with van der Waals surface area (Å²) in [7, 11) is -0.602. The minimum atomic E-state index is -0.602. The highest BCUT2D eigenvalue weighted by atomic mass is 32.2. The standard InChI is InChI=1S/C24H36O2SSi/c1-10-28-26-22-18(24(7,8)9)12-16(3)14-20(22)27-19-13-15(2)11-17(21(19)25)23(4,5)6/h11-14,25H,10,28H2,1-9H3. The molecule has 2 rings (SSSR count). The van der Waals surface area contributed by atoms with Gasteiger partial charge in [0.05, 0.1) is 9.79 Å². The second-order valence-electron chi connectivity index (χ2n) is 9.75. The summed E-state index contributed by atoms with van der Waals surface area (Å²) >= 11 is 1.63. The van der Waals surface area contributed by atoms with E-state index in [0.717, 1.165) is 27.1 Å². The van der Waals surface area contributed by atoms with Crippen molar-refractivity contribution in [2.75, 3.05) is 0 Å². The molecule has 0 aliphatic carbocycles. The maximum absolute atomic E-state index is 11.0. The topological polar surface area (TPSA) is 29.5 Å². The van der Waals surface area contributed by atoms with Crippen molar-refractivity contribution in [3.63, 3.8) is 0 Å². The molecule has 1 N–H and O–H groups in total. The third kappa shape index (κ3) is 5.35. The predicted octanol–water partition coefficient (Wildman–Crippen LogP) is 6.66. The number of rotatable bonds is 5. The van der Waals surface area contributed by atoms with E-state index in [4.69, 9.17) is 4.43 Å². The Kier molecular flexibility index (Phi) is 6.98. The molecule has 0 spiro atoms. The van der Waals surface area contributed by atoms with Crippen molar-refractivity contribution in [2.45, 2.75) is 89.0 Å². The summed E-state index contributed by atoms with van der Waals surface area (Å²) in [6.07, 6.45) is 0. The quantitative estimate of drug-likeness (QED) is 0.553. The van der Waals surface area contributed by atoms with E-state index in [2.05, 4.69) is 86.6 Å². The summed E-state index contributed by atoms with van der Waals surface area (Å²) in [4.78, 5) is 2.00. The minimum absolute atomic E-state index is 0.00399. The zero-order chi connectivity index (χ0) is 21.3. The van der Waals surface area contributed by atoms with Crippen LogP contribution >= 0.6 is 11.8 Å². The molecular formula is C24H36O2SSi. The maximum atomic E-state index is 11.0. The Morgan fingerprint density at radius 2 is 1.36 bits per heavy atom. The van der Waals surface area contributed by atoms with Gasteiger partial charge in [-0.3, -0.25) is 0 Å². The van der Waals surface area contributed by atoms with Crippen LogP contribution in [0.5, 0.6) is 11.5 Å². The maximum Gasteiger partial charge on any atom is 0.219 e. The van der Waals surface area contributed by atoms with Crippen LogP contribution < -0.4 is 4.43 Å². The molecule has 154 valence electrons. The molecule has 0 fully saturated rings. The fourth-order valence-corrected chi connectivity index (χ4v) is 5.26. The highest BCUT2D eigenvalue weighted by Crippen LogP contribution is 2.47. The zero-order valence-corrected chi connectivity index (χ0v) is 21.2. The number of aryl methyl sites for hydroxylation is 2. The number of hydrogen-bond donors (Lipinski definition) is 1. The molecule has 0 saturated heterocycles. The van der Waals surface area contributed by atoms with E-state index < -0.39 is 9.76 Å². The van der Waals surface area contributed by atoms with Gasteiger partial charge in [-0.2, -0.15) is 0 Å². The lowest BCUT2D eigenvalue weighted by molar-refractivity contribution is 0.434. The van der Waals surface area contributed by atoms with Gasteiger partial charge in [-0.25, -0.2) is 0 Å². The fourth-order valence-electron chi connectivity index (χ4n) is 3.24. The first-order valence-corrected chi connectivity index (χ1v) is 12.5. The van der Waals surface area contributed by atoms with Crippen molar-refractivity contribution in [1.82, 2.24) is 0 Å². The molecule has 2 aromatic rings. The smallest absolute Gasteiger partial charge is 0.219 e. The van der Waals surface area contributed by atoms with E-state index >= 15 is 0 Å². The normalized spacial score (nSPS) is 12.8. The van der Waals surface area contributed by atoms with Crippen molar-refractivity contribution in [3.05, 3.63) is 46.5 Å². The van der Waals surface area contributed by atoms with E-state index in [-0.39, 0.29) is 10.8 Å². The first-order chi connectivity index (χ1) is 12.8. The molecule has 0 aliphatic rings. The molecule has 0 atom stereocenters. The van der Waals surface area contributed by atoms with Crippen LogP contribution in [-0.2, 0) is 10.8 Å². The van der Waals surface area contributed by atoms with Crippen LogP contribution in [-0.4, -0.2) is 14.9 Å². The second-order valence-corrected chi connectivity index (χ2v) is 12.5. The van der Waals surface area contributed by atoms with Crippen molar-refractivity contribution in [3.8, 4) is 11.5 Å². The molecular weight excluding hydrogens is 380 g/mol. The predicted molar refractivity (Wildman–Crippen MR) is 125 cm³/mol. The van der Waals surface area contributed by atoms with Gasteiger partial charge in [0.25, 0.3) is 0 Å². The van der Waals surface area contributed by atoms with Crippen LogP contribution in [0.3, 0.4) is 0 Å². The van der Waals surface area contributed by atoms with Gasteiger partial charge in [0.15, 0.2) is 0 Å². The number of aromatic hydroxyl groups is 1. The average Bonchev–Trinajstić information content (AvgIpc) is 2.54. The van der Waals surface area contributed by atoms with E-state index in [0.29, 0.717) is 5.75 Å². The van der Waals surface area contributed by atoms with Crippen LogP contribution in [0.15, 0.2) is 34.1 Å². The van der Waals surface area contributed by atoms with E-state index in [1.165, 1.54) is 16.7 Å². The molecule has 2 aromatic carbocycles. The molecule has 28 heavy (non-hydrogen) atoms. The molecule has 0 saturated carbocycles. The Morgan fingerprint density at radius 3 is 1.86 bits per heavy atom. The number of hydrogen-bond acceptors (Lipinski definition) is 3. The molecule has 0 aromatic heterocycles. The van der Waals surface area contributed by atoms with Crippen molar-refractivity contribution in [2.24, 2.45) is 0 Å². The lowest BCUT2D eigenvalue weighted by Gasteiger charge is -2.27. The first-order valence-electron chi connectivity index (χ1n) is 10.1. The molecule has 0 amide bonds. The SMILES string of the molecule is CC[SiH2]Oc1c(Sc2cc(C)cc(C(C)(C)C)c2O)cc(C)cc1C(C)(C)C. The Morgan fingerprint density at radius 1 is 0.857 bits per heavy atom. The van der Waals surface area contributed by atoms with Gasteiger partial charge < -0.3 is 9.53 Å². The van der Waals surface area contributed by atoms with Crippen molar-refractivity contribution in [1.29, 1.82) is 0 Å². The Balaban J connectivity index is 2.63. The van der Waals surface area contributed by atoms with Crippen LogP contribution in [0.2, 0.25) is 6.04 Å². The summed E-state index contributed by atoms with van der Waals surface area (Å²) < 4.78 is 6.38. The number of phenolic OH excluding ortho intramolecular Hbond substituents is 1. The summed E-state index contributed by atoms with van der Waals surface area (Å²) in [6.45, 7) is 19.5. The lowest BCUT2D eigenvalue weighted by Crippen LogP contribution is -2.15. The lowest BCUT2D eigenvalue weighted by atomic mass is 9.85. The van der Waals surface area contributed by atoms with Gasteiger partial charge in [0.2, 0.25) is 9.76 Å². The summed E-state index contributed by atoms with van der Waals surface area (Å²) in [5.74, 6) is 1.40. The van der Waals surface area contributed by atoms with E-state index in [1.54, 1.807) is 11.8 Å². The summed E-state index contributed by atoms with van der Waals surface area (Å²) in [5, 5.41) is 11.0. The van der Waals surface area contributed by atoms with Gasteiger partial charge in [-0.1, -0.05) is 72.4 Å².